The number of carbonyl (C=O) groups is 2. The molecule has 1 aromatic rings. The number of aryl methyl sites for hydroxylation is 1. The highest BCUT2D eigenvalue weighted by molar-refractivity contribution is 5.87. The molecule has 0 radical (unpaired) electrons. The molecule has 5 nitrogen and oxygen atoms in total. The van der Waals surface area contributed by atoms with Crippen LogP contribution in [0.3, 0.4) is 0 Å². The molecule has 0 aliphatic carbocycles. The summed E-state index contributed by atoms with van der Waals surface area (Å²) < 4.78 is 0. The minimum Gasteiger partial charge on any atom is -0.357 e. The van der Waals surface area contributed by atoms with Crippen molar-refractivity contribution in [1.82, 2.24) is 15.5 Å². The number of amides is 3. The number of likely N-dealkylation sites (N-methyl/N-ethyl adjacent to an activating group) is 1. The summed E-state index contributed by atoms with van der Waals surface area (Å²) in [6, 6.07) is 8.00. The van der Waals surface area contributed by atoms with Crippen molar-refractivity contribution in [3.8, 4) is 0 Å². The Morgan fingerprint density at radius 2 is 2.00 bits per heavy atom. The van der Waals surface area contributed by atoms with Gasteiger partial charge in [0.2, 0.25) is 5.91 Å². The quantitative estimate of drug-likeness (QED) is 0.875. The van der Waals surface area contributed by atoms with Gasteiger partial charge in [0.05, 0.1) is 0 Å². The van der Waals surface area contributed by atoms with Gasteiger partial charge in [0.1, 0.15) is 6.04 Å². The summed E-state index contributed by atoms with van der Waals surface area (Å²) in [5, 5.41) is 5.73. The van der Waals surface area contributed by atoms with Gasteiger partial charge in [0.15, 0.2) is 0 Å². The second kappa shape index (κ2) is 7.99. The third-order valence-electron chi connectivity index (χ3n) is 4.49. The lowest BCUT2D eigenvalue weighted by Crippen LogP contribution is -2.51. The second-order valence-electron chi connectivity index (χ2n) is 6.21. The van der Waals surface area contributed by atoms with Gasteiger partial charge in [0.25, 0.3) is 0 Å². The fourth-order valence-corrected chi connectivity index (χ4v) is 3.01. The van der Waals surface area contributed by atoms with Crippen LogP contribution in [-0.2, 0) is 11.2 Å². The molecule has 1 saturated heterocycles. The van der Waals surface area contributed by atoms with E-state index in [0.717, 1.165) is 25.7 Å². The molecule has 0 saturated carbocycles. The summed E-state index contributed by atoms with van der Waals surface area (Å²) in [6.45, 7) is 4.78. The lowest BCUT2D eigenvalue weighted by Gasteiger charge is -2.26. The minimum atomic E-state index is -0.336. The van der Waals surface area contributed by atoms with Crippen LogP contribution < -0.4 is 10.6 Å². The molecule has 0 unspecified atom stereocenters. The molecule has 5 heteroatoms. The maximum Gasteiger partial charge on any atom is 0.318 e. The van der Waals surface area contributed by atoms with E-state index < -0.39 is 0 Å². The van der Waals surface area contributed by atoms with Crippen LogP contribution in [-0.4, -0.2) is 42.5 Å². The van der Waals surface area contributed by atoms with Crippen LogP contribution in [0.25, 0.3) is 0 Å². The van der Waals surface area contributed by atoms with Gasteiger partial charge < -0.3 is 15.5 Å². The molecule has 2 atom stereocenters. The smallest absolute Gasteiger partial charge is 0.318 e. The molecule has 1 heterocycles. The van der Waals surface area contributed by atoms with Gasteiger partial charge >= 0.3 is 6.03 Å². The van der Waals surface area contributed by atoms with Gasteiger partial charge in [-0.15, -0.1) is 0 Å². The van der Waals surface area contributed by atoms with E-state index in [0.29, 0.717) is 6.54 Å². The molecule has 2 N–H and O–H groups in total. The number of hydrogen-bond donors (Lipinski definition) is 2. The van der Waals surface area contributed by atoms with Crippen LogP contribution in [0.15, 0.2) is 24.3 Å². The van der Waals surface area contributed by atoms with Gasteiger partial charge in [-0.25, -0.2) is 4.79 Å². The Hall–Kier alpha value is -2.04. The Kier molecular flexibility index (Phi) is 6.02. The van der Waals surface area contributed by atoms with Gasteiger partial charge in [0, 0.05) is 19.6 Å². The molecule has 1 aromatic carbocycles. The fourth-order valence-electron chi connectivity index (χ4n) is 3.01. The minimum absolute atomic E-state index is 0.0794. The first-order chi connectivity index (χ1) is 11.0. The molecule has 126 valence electrons. The Bertz CT molecular complexity index is 542. The van der Waals surface area contributed by atoms with E-state index in [-0.39, 0.29) is 24.0 Å². The number of nitrogens with one attached hydrogen (secondary N) is 2. The van der Waals surface area contributed by atoms with Crippen molar-refractivity contribution in [2.24, 2.45) is 0 Å². The molecule has 0 aromatic heterocycles. The van der Waals surface area contributed by atoms with Crippen LogP contribution in [0.4, 0.5) is 4.79 Å². The van der Waals surface area contributed by atoms with E-state index in [2.05, 4.69) is 48.7 Å². The zero-order chi connectivity index (χ0) is 16.8. The van der Waals surface area contributed by atoms with Crippen molar-refractivity contribution < 1.29 is 9.59 Å². The van der Waals surface area contributed by atoms with Gasteiger partial charge in [-0.1, -0.05) is 36.8 Å². The summed E-state index contributed by atoms with van der Waals surface area (Å²) in [7, 11) is 1.61. The van der Waals surface area contributed by atoms with Crippen LogP contribution in [0.1, 0.15) is 37.3 Å². The molecule has 2 rings (SSSR count). The van der Waals surface area contributed by atoms with E-state index in [1.807, 2.05) is 0 Å². The molecule has 1 aliphatic heterocycles. The molecule has 3 amide bonds. The number of likely N-dealkylation sites (tertiary alicyclic amines) is 1. The molecule has 23 heavy (non-hydrogen) atoms. The Balaban J connectivity index is 1.96. The number of nitrogens with zero attached hydrogens (tertiary/aromatic N) is 1. The zero-order valence-electron chi connectivity index (χ0n) is 14.3. The van der Waals surface area contributed by atoms with Crippen LogP contribution in [0.5, 0.6) is 0 Å². The molecule has 0 bridgehead atoms. The number of carbonyl (C=O) groups excluding carboxylic acids is 2. The van der Waals surface area contributed by atoms with Crippen LogP contribution in [0.2, 0.25) is 0 Å². The largest absolute Gasteiger partial charge is 0.357 e. The van der Waals surface area contributed by atoms with Crippen LogP contribution in [0, 0.1) is 6.92 Å². The fraction of sp³-hybridized carbons (Fsp3) is 0.556. The Morgan fingerprint density at radius 1 is 1.30 bits per heavy atom. The van der Waals surface area contributed by atoms with E-state index in [1.54, 1.807) is 11.9 Å². The monoisotopic (exact) mass is 317 g/mol. The van der Waals surface area contributed by atoms with Gasteiger partial charge in [-0.3, -0.25) is 4.79 Å². The second-order valence-corrected chi connectivity index (χ2v) is 6.21. The molecule has 1 aliphatic rings. The van der Waals surface area contributed by atoms with Crippen molar-refractivity contribution in [3.63, 3.8) is 0 Å². The Labute approximate surface area is 138 Å². The zero-order valence-corrected chi connectivity index (χ0v) is 14.3. The Morgan fingerprint density at radius 3 is 2.61 bits per heavy atom. The van der Waals surface area contributed by atoms with E-state index in [9.17, 15) is 9.59 Å². The van der Waals surface area contributed by atoms with Crippen molar-refractivity contribution in [1.29, 1.82) is 0 Å². The third kappa shape index (κ3) is 4.47. The van der Waals surface area contributed by atoms with Crippen LogP contribution >= 0.6 is 0 Å². The van der Waals surface area contributed by atoms with E-state index >= 15 is 0 Å². The molecule has 0 spiro atoms. The molecular weight excluding hydrogens is 290 g/mol. The predicted octanol–water partition coefficient (Wildman–Crippen LogP) is 2.24. The van der Waals surface area contributed by atoms with Crippen molar-refractivity contribution >= 4 is 11.9 Å². The maximum atomic E-state index is 12.5. The number of hydrogen-bond acceptors (Lipinski definition) is 2. The van der Waals surface area contributed by atoms with E-state index in [4.69, 9.17) is 0 Å². The maximum absolute atomic E-state index is 12.5. The van der Waals surface area contributed by atoms with E-state index in [1.165, 1.54) is 11.1 Å². The summed E-state index contributed by atoms with van der Waals surface area (Å²) in [4.78, 5) is 26.1. The topological polar surface area (TPSA) is 61.4 Å². The highest BCUT2D eigenvalue weighted by Gasteiger charge is 2.34. The summed E-state index contributed by atoms with van der Waals surface area (Å²) >= 11 is 0. The predicted molar refractivity (Wildman–Crippen MR) is 91.3 cm³/mol. The summed E-state index contributed by atoms with van der Waals surface area (Å²) in [6.07, 6.45) is 3.28. The summed E-state index contributed by atoms with van der Waals surface area (Å²) in [5.74, 6) is -0.0794. The first kappa shape index (κ1) is 17.3. The van der Waals surface area contributed by atoms with Gasteiger partial charge in [-0.2, -0.15) is 0 Å². The lowest BCUT2D eigenvalue weighted by molar-refractivity contribution is -0.124. The van der Waals surface area contributed by atoms with Crippen molar-refractivity contribution in [3.05, 3.63) is 35.4 Å². The number of benzene rings is 1. The average molecular weight is 317 g/mol. The number of rotatable bonds is 5. The third-order valence-corrected chi connectivity index (χ3v) is 4.49. The standard InChI is InChI=1S/C18H27N3O2/c1-4-15(12-14-9-7-13(2)8-10-14)20-18(23)21-11-5-6-16(21)17(22)19-3/h7-10,15-16H,4-6,11-12H2,1-3H3,(H,19,22)(H,20,23)/t15-,16+/m1/s1. The average Bonchev–Trinajstić information content (AvgIpc) is 3.05. The molecular formula is C18H27N3O2. The normalized spacial score (nSPS) is 18.6. The van der Waals surface area contributed by atoms with Crippen molar-refractivity contribution in [2.45, 2.75) is 51.6 Å². The SMILES string of the molecule is CC[C@H](Cc1ccc(C)cc1)NC(=O)N1CCC[C@H]1C(=O)NC. The lowest BCUT2D eigenvalue weighted by atomic mass is 10.0. The van der Waals surface area contributed by atoms with Crippen molar-refractivity contribution in [2.75, 3.05) is 13.6 Å². The highest BCUT2D eigenvalue weighted by Crippen LogP contribution is 2.18. The number of urea groups is 1. The van der Waals surface area contributed by atoms with Gasteiger partial charge in [-0.05, 0) is 38.2 Å². The first-order valence-electron chi connectivity index (χ1n) is 8.39. The highest BCUT2D eigenvalue weighted by atomic mass is 16.2. The summed E-state index contributed by atoms with van der Waals surface area (Å²) in [5.41, 5.74) is 2.45. The molecule has 1 fully saturated rings. The first-order valence-corrected chi connectivity index (χ1v) is 8.39.